The minimum absolute atomic E-state index is 0.0386. The van der Waals surface area contributed by atoms with Gasteiger partial charge in [-0.05, 0) is 55.2 Å². The molecule has 1 atom stereocenters. The van der Waals surface area contributed by atoms with Gasteiger partial charge in [0, 0.05) is 23.2 Å². The van der Waals surface area contributed by atoms with E-state index in [-0.39, 0.29) is 11.7 Å². The smallest absolute Gasteiger partial charge is 0.191 e. The number of carbonyl (C=O) groups is 1. The molecule has 0 radical (unpaired) electrons. The van der Waals surface area contributed by atoms with E-state index in [1.807, 2.05) is 13.3 Å². The Morgan fingerprint density at radius 2 is 1.79 bits per heavy atom. The molecule has 2 heterocycles. The van der Waals surface area contributed by atoms with Gasteiger partial charge in [0.15, 0.2) is 9.74 Å². The van der Waals surface area contributed by atoms with Crippen LogP contribution in [0.4, 0.5) is 0 Å². The summed E-state index contributed by atoms with van der Waals surface area (Å²) < 4.78 is 3.90. The van der Waals surface area contributed by atoms with Crippen LogP contribution in [0.5, 0.6) is 0 Å². The van der Waals surface area contributed by atoms with Gasteiger partial charge in [0.25, 0.3) is 0 Å². The number of halogens is 1. The van der Waals surface area contributed by atoms with Crippen molar-refractivity contribution >= 4 is 64.5 Å². The molecule has 1 unspecified atom stereocenters. The number of fused-ring (bicyclic) bond motifs is 1. The lowest BCUT2D eigenvalue weighted by Crippen LogP contribution is -2.18. The molecule has 7 heteroatoms. The van der Waals surface area contributed by atoms with E-state index >= 15 is 0 Å². The van der Waals surface area contributed by atoms with Crippen molar-refractivity contribution in [3.05, 3.63) is 88.9 Å². The van der Waals surface area contributed by atoms with Crippen LogP contribution in [0.25, 0.3) is 0 Å². The molecule has 29 heavy (non-hydrogen) atoms. The lowest BCUT2D eigenvalue weighted by molar-refractivity contribution is 0.102. The van der Waals surface area contributed by atoms with E-state index in [1.165, 1.54) is 5.56 Å². The number of hydrogen-bond acceptors (Lipinski definition) is 5. The molecular weight excluding hydrogens is 458 g/mol. The summed E-state index contributed by atoms with van der Waals surface area (Å²) in [5.41, 5.74) is 3.77. The zero-order chi connectivity index (χ0) is 20.7. The average molecular weight is 476 g/mol. The van der Waals surface area contributed by atoms with Crippen molar-refractivity contribution in [2.75, 3.05) is 6.26 Å². The van der Waals surface area contributed by atoms with Crippen LogP contribution in [-0.2, 0) is 7.05 Å². The van der Waals surface area contributed by atoms with Gasteiger partial charge >= 0.3 is 0 Å². The first-order valence-corrected chi connectivity index (χ1v) is 12.6. The van der Waals surface area contributed by atoms with E-state index in [1.54, 1.807) is 59.1 Å². The number of carbonyl (C=O) groups excluding carboxylic acids is 1. The number of benzene rings is 2. The lowest BCUT2D eigenvalue weighted by Gasteiger charge is -2.27. The van der Waals surface area contributed by atoms with Crippen molar-refractivity contribution in [1.82, 2.24) is 4.57 Å². The molecule has 2 aromatic carbocycles. The molecule has 3 aromatic rings. The van der Waals surface area contributed by atoms with E-state index in [9.17, 15) is 4.79 Å². The summed E-state index contributed by atoms with van der Waals surface area (Å²) in [4.78, 5) is 14.8. The number of aromatic nitrogens is 1. The fourth-order valence-electron chi connectivity index (χ4n) is 3.36. The Morgan fingerprint density at radius 1 is 1.14 bits per heavy atom. The Kier molecular flexibility index (Phi) is 6.09. The molecule has 0 fully saturated rings. The van der Waals surface area contributed by atoms with Gasteiger partial charge in [0.05, 0.1) is 20.1 Å². The Balaban J connectivity index is 1.94. The van der Waals surface area contributed by atoms with Crippen LogP contribution in [0.15, 0.2) is 63.4 Å². The zero-order valence-electron chi connectivity index (χ0n) is 16.1. The predicted octanol–water partition coefficient (Wildman–Crippen LogP) is 7.47. The van der Waals surface area contributed by atoms with E-state index in [0.717, 1.165) is 29.2 Å². The Morgan fingerprint density at radius 3 is 2.41 bits per heavy atom. The Bertz CT molecular complexity index is 1170. The summed E-state index contributed by atoms with van der Waals surface area (Å²) in [6.45, 7) is 2.07. The van der Waals surface area contributed by atoms with Crippen molar-refractivity contribution in [3.8, 4) is 0 Å². The fourth-order valence-corrected chi connectivity index (χ4v) is 7.16. The summed E-state index contributed by atoms with van der Waals surface area (Å²) in [7, 11) is 2.00. The van der Waals surface area contributed by atoms with Crippen molar-refractivity contribution in [2.24, 2.45) is 7.05 Å². The fraction of sp³-hybridized carbons (Fsp3) is 0.182. The first kappa shape index (κ1) is 20.9. The maximum absolute atomic E-state index is 13.7. The van der Waals surface area contributed by atoms with Crippen LogP contribution in [0.1, 0.15) is 32.3 Å². The maximum atomic E-state index is 13.7. The molecule has 0 N–H and O–H groups in total. The quantitative estimate of drug-likeness (QED) is 0.288. The number of thioether (sulfide) groups is 2. The number of ketones is 1. The molecule has 0 saturated heterocycles. The molecule has 148 valence electrons. The van der Waals surface area contributed by atoms with Crippen LogP contribution in [0.2, 0.25) is 5.02 Å². The lowest BCUT2D eigenvalue weighted by atomic mass is 9.86. The molecule has 0 aliphatic carbocycles. The standard InChI is InChI=1S/C22H18ClNOS4/c1-12-4-6-13(7-5-12)16-17(18(25)14-8-10-15(23)11-9-14)21(27-3)29-20-19(16)28-22(26)24(20)2/h4-11,16H,1-3H3. The summed E-state index contributed by atoms with van der Waals surface area (Å²) in [5, 5.41) is 1.75. The third-order valence-electron chi connectivity index (χ3n) is 4.89. The second-order valence-corrected chi connectivity index (χ2v) is 11.0. The summed E-state index contributed by atoms with van der Waals surface area (Å²) in [6, 6.07) is 15.6. The highest BCUT2D eigenvalue weighted by molar-refractivity contribution is 8.22. The van der Waals surface area contributed by atoms with E-state index in [2.05, 4.69) is 35.8 Å². The van der Waals surface area contributed by atoms with Crippen LogP contribution < -0.4 is 0 Å². The van der Waals surface area contributed by atoms with E-state index in [4.69, 9.17) is 23.8 Å². The molecule has 0 bridgehead atoms. The van der Waals surface area contributed by atoms with Gasteiger partial charge in [-0.3, -0.25) is 4.79 Å². The van der Waals surface area contributed by atoms with Crippen LogP contribution in [0.3, 0.4) is 0 Å². The van der Waals surface area contributed by atoms with Gasteiger partial charge in [-0.25, -0.2) is 0 Å². The number of rotatable bonds is 4. The zero-order valence-corrected chi connectivity index (χ0v) is 20.1. The average Bonchev–Trinajstić information content (AvgIpc) is 3.01. The van der Waals surface area contributed by atoms with Crippen molar-refractivity contribution in [2.45, 2.75) is 17.9 Å². The SMILES string of the molecule is CSC1=C(C(=O)c2ccc(Cl)cc2)C(c2ccc(C)cc2)c2sc(=S)n(C)c2S1. The predicted molar refractivity (Wildman–Crippen MR) is 129 cm³/mol. The highest BCUT2D eigenvalue weighted by atomic mass is 35.5. The van der Waals surface area contributed by atoms with Gasteiger partial charge in [0.1, 0.15) is 0 Å². The highest BCUT2D eigenvalue weighted by Gasteiger charge is 2.36. The molecule has 0 saturated carbocycles. The van der Waals surface area contributed by atoms with Gasteiger partial charge in [-0.2, -0.15) is 0 Å². The molecule has 0 spiro atoms. The third kappa shape index (κ3) is 3.89. The van der Waals surface area contributed by atoms with Gasteiger partial charge in [-0.1, -0.05) is 53.2 Å². The summed E-state index contributed by atoms with van der Waals surface area (Å²) in [6.07, 6.45) is 2.02. The third-order valence-corrected chi connectivity index (χ3v) is 9.33. The molecule has 4 rings (SSSR count). The van der Waals surface area contributed by atoms with Crippen molar-refractivity contribution in [1.29, 1.82) is 0 Å². The first-order valence-electron chi connectivity index (χ1n) is 8.93. The van der Waals surface area contributed by atoms with E-state index in [0.29, 0.717) is 10.6 Å². The second-order valence-electron chi connectivity index (χ2n) is 6.78. The van der Waals surface area contributed by atoms with Gasteiger partial charge in [0.2, 0.25) is 0 Å². The van der Waals surface area contributed by atoms with Crippen LogP contribution >= 0.6 is 58.7 Å². The highest BCUT2D eigenvalue weighted by Crippen LogP contribution is 2.53. The molecule has 2 nitrogen and oxygen atoms in total. The minimum Gasteiger partial charge on any atom is -0.321 e. The number of allylic oxidation sites excluding steroid dienone is 1. The van der Waals surface area contributed by atoms with E-state index < -0.39 is 0 Å². The number of aryl methyl sites for hydroxylation is 1. The van der Waals surface area contributed by atoms with Crippen LogP contribution in [0, 0.1) is 10.9 Å². The molecular formula is C22H18ClNOS4. The summed E-state index contributed by atoms with van der Waals surface area (Å²) in [5.74, 6) is -0.0953. The van der Waals surface area contributed by atoms with Gasteiger partial charge in [-0.15, -0.1) is 23.1 Å². The normalized spacial score (nSPS) is 16.1. The van der Waals surface area contributed by atoms with Crippen LogP contribution in [-0.4, -0.2) is 16.6 Å². The monoisotopic (exact) mass is 475 g/mol. The van der Waals surface area contributed by atoms with Crippen molar-refractivity contribution in [3.63, 3.8) is 0 Å². The molecule has 1 aliphatic heterocycles. The number of nitrogens with zero attached hydrogens (tertiary/aromatic N) is 1. The topological polar surface area (TPSA) is 22.0 Å². The number of thiazole rings is 1. The Labute approximate surface area is 193 Å². The van der Waals surface area contributed by atoms with Crippen molar-refractivity contribution < 1.29 is 4.79 Å². The Hall–Kier alpha value is -1.31. The molecule has 1 aromatic heterocycles. The number of hydrogen-bond donors (Lipinski definition) is 0. The second kappa shape index (κ2) is 8.44. The summed E-state index contributed by atoms with van der Waals surface area (Å²) >= 11 is 16.5. The van der Waals surface area contributed by atoms with Gasteiger partial charge < -0.3 is 4.57 Å². The molecule has 1 aliphatic rings. The number of Topliss-reactive ketones (excluding diaryl/α,β-unsaturated/α-hetero) is 1. The first-order chi connectivity index (χ1) is 13.9. The largest absolute Gasteiger partial charge is 0.321 e. The molecule has 0 amide bonds. The maximum Gasteiger partial charge on any atom is 0.191 e. The minimum atomic E-state index is -0.134.